The SMILES string of the molecule is CC1CCC(C2CC=CC(C(C)C)C2)C(C(C)C)C1. The van der Waals surface area contributed by atoms with Gasteiger partial charge < -0.3 is 0 Å². The Morgan fingerprint density at radius 2 is 1.68 bits per heavy atom. The predicted octanol–water partition coefficient (Wildman–Crippen LogP) is 5.93. The Hall–Kier alpha value is -0.260. The van der Waals surface area contributed by atoms with E-state index in [4.69, 9.17) is 0 Å². The third-order valence-electron chi connectivity index (χ3n) is 5.93. The topological polar surface area (TPSA) is 0 Å². The van der Waals surface area contributed by atoms with E-state index in [0.29, 0.717) is 0 Å². The highest BCUT2D eigenvalue weighted by molar-refractivity contribution is 5.00. The maximum absolute atomic E-state index is 2.50. The van der Waals surface area contributed by atoms with Crippen LogP contribution in [-0.2, 0) is 0 Å². The van der Waals surface area contributed by atoms with E-state index in [2.05, 4.69) is 46.8 Å². The Morgan fingerprint density at radius 3 is 2.32 bits per heavy atom. The lowest BCUT2D eigenvalue weighted by Gasteiger charge is -2.43. The van der Waals surface area contributed by atoms with E-state index in [-0.39, 0.29) is 0 Å². The van der Waals surface area contributed by atoms with Crippen LogP contribution in [0.3, 0.4) is 0 Å². The fourth-order valence-electron chi connectivity index (χ4n) is 4.60. The van der Waals surface area contributed by atoms with Crippen molar-refractivity contribution in [1.29, 1.82) is 0 Å². The summed E-state index contributed by atoms with van der Waals surface area (Å²) in [6.07, 6.45) is 12.2. The summed E-state index contributed by atoms with van der Waals surface area (Å²) >= 11 is 0. The second-order valence-corrected chi connectivity index (χ2v) is 8.06. The fraction of sp³-hybridized carbons (Fsp3) is 0.895. The Labute approximate surface area is 121 Å². The highest BCUT2D eigenvalue weighted by Gasteiger charge is 2.36. The molecule has 110 valence electrons. The maximum Gasteiger partial charge on any atom is -0.0208 e. The highest BCUT2D eigenvalue weighted by atomic mass is 14.4. The summed E-state index contributed by atoms with van der Waals surface area (Å²) in [7, 11) is 0. The van der Waals surface area contributed by atoms with Crippen LogP contribution in [-0.4, -0.2) is 0 Å². The second-order valence-electron chi connectivity index (χ2n) is 8.06. The average molecular weight is 262 g/mol. The van der Waals surface area contributed by atoms with Gasteiger partial charge in [0.05, 0.1) is 0 Å². The van der Waals surface area contributed by atoms with Crippen molar-refractivity contribution < 1.29 is 0 Å². The van der Waals surface area contributed by atoms with Crippen molar-refractivity contribution in [2.75, 3.05) is 0 Å². The average Bonchev–Trinajstić information content (AvgIpc) is 2.38. The summed E-state index contributed by atoms with van der Waals surface area (Å²) in [6, 6.07) is 0. The normalized spacial score (nSPS) is 40.1. The fourth-order valence-corrected chi connectivity index (χ4v) is 4.60. The van der Waals surface area contributed by atoms with Crippen molar-refractivity contribution in [3.05, 3.63) is 12.2 Å². The van der Waals surface area contributed by atoms with Crippen LogP contribution in [0.15, 0.2) is 12.2 Å². The minimum Gasteiger partial charge on any atom is -0.0880 e. The molecule has 0 heteroatoms. The van der Waals surface area contributed by atoms with Crippen LogP contribution >= 0.6 is 0 Å². The Bertz CT molecular complexity index is 299. The second kappa shape index (κ2) is 6.46. The molecule has 0 radical (unpaired) electrons. The highest BCUT2D eigenvalue weighted by Crippen LogP contribution is 2.46. The predicted molar refractivity (Wildman–Crippen MR) is 85.0 cm³/mol. The molecule has 0 aromatic rings. The van der Waals surface area contributed by atoms with Crippen LogP contribution in [0.1, 0.15) is 66.7 Å². The Morgan fingerprint density at radius 1 is 0.947 bits per heavy atom. The summed E-state index contributed by atoms with van der Waals surface area (Å²) in [5, 5.41) is 0. The van der Waals surface area contributed by atoms with Gasteiger partial charge in [-0.1, -0.05) is 53.2 Å². The molecule has 2 aliphatic carbocycles. The van der Waals surface area contributed by atoms with Crippen molar-refractivity contribution in [2.45, 2.75) is 66.7 Å². The molecule has 0 aromatic heterocycles. The van der Waals surface area contributed by atoms with Crippen LogP contribution in [0.4, 0.5) is 0 Å². The summed E-state index contributed by atoms with van der Waals surface area (Å²) in [6.45, 7) is 12.1. The number of rotatable bonds is 3. The molecule has 5 atom stereocenters. The van der Waals surface area contributed by atoms with Gasteiger partial charge in [0.25, 0.3) is 0 Å². The maximum atomic E-state index is 2.50. The molecular formula is C19H34. The zero-order chi connectivity index (χ0) is 14.0. The summed E-state index contributed by atoms with van der Waals surface area (Å²) in [5.74, 6) is 6.44. The first-order chi connectivity index (χ1) is 8.99. The van der Waals surface area contributed by atoms with Crippen LogP contribution in [0.2, 0.25) is 0 Å². The van der Waals surface area contributed by atoms with E-state index in [1.807, 2.05) is 0 Å². The first-order valence-corrected chi connectivity index (χ1v) is 8.65. The molecule has 2 rings (SSSR count). The van der Waals surface area contributed by atoms with Crippen LogP contribution < -0.4 is 0 Å². The summed E-state index contributed by atoms with van der Waals surface area (Å²) in [5.41, 5.74) is 0. The van der Waals surface area contributed by atoms with Gasteiger partial charge in [0.15, 0.2) is 0 Å². The molecule has 0 saturated heterocycles. The van der Waals surface area contributed by atoms with E-state index in [9.17, 15) is 0 Å². The van der Waals surface area contributed by atoms with E-state index >= 15 is 0 Å². The monoisotopic (exact) mass is 262 g/mol. The molecule has 0 bridgehead atoms. The lowest BCUT2D eigenvalue weighted by atomic mass is 9.62. The van der Waals surface area contributed by atoms with Gasteiger partial charge in [-0.3, -0.25) is 0 Å². The molecule has 0 spiro atoms. The molecule has 1 saturated carbocycles. The molecule has 0 aliphatic heterocycles. The number of hydrogen-bond donors (Lipinski definition) is 0. The van der Waals surface area contributed by atoms with Crippen molar-refractivity contribution >= 4 is 0 Å². The van der Waals surface area contributed by atoms with E-state index in [0.717, 1.165) is 41.4 Å². The number of hydrogen-bond acceptors (Lipinski definition) is 0. The molecule has 0 aromatic carbocycles. The zero-order valence-corrected chi connectivity index (χ0v) is 13.7. The van der Waals surface area contributed by atoms with Crippen molar-refractivity contribution in [2.24, 2.45) is 41.4 Å². The lowest BCUT2D eigenvalue weighted by Crippen LogP contribution is -2.34. The van der Waals surface area contributed by atoms with Crippen LogP contribution in [0.25, 0.3) is 0 Å². The first-order valence-electron chi connectivity index (χ1n) is 8.65. The first kappa shape index (κ1) is 15.1. The molecule has 0 amide bonds. The van der Waals surface area contributed by atoms with Crippen LogP contribution in [0.5, 0.6) is 0 Å². The summed E-state index contributed by atoms with van der Waals surface area (Å²) in [4.78, 5) is 0. The van der Waals surface area contributed by atoms with Crippen molar-refractivity contribution in [3.8, 4) is 0 Å². The van der Waals surface area contributed by atoms with Gasteiger partial charge in [-0.15, -0.1) is 0 Å². The minimum atomic E-state index is 0.819. The molecule has 0 N–H and O–H groups in total. The van der Waals surface area contributed by atoms with Gasteiger partial charge in [0, 0.05) is 0 Å². The largest absolute Gasteiger partial charge is 0.0880 e. The quantitative estimate of drug-likeness (QED) is 0.553. The van der Waals surface area contributed by atoms with E-state index < -0.39 is 0 Å². The standard InChI is InChI=1S/C19H34/c1-13(2)16-7-6-8-17(12-16)18-10-9-15(5)11-19(18)14(3)4/h6-7,13-19H,8-12H2,1-5H3. The molecule has 19 heavy (non-hydrogen) atoms. The molecular weight excluding hydrogens is 228 g/mol. The molecule has 0 heterocycles. The molecule has 1 fully saturated rings. The van der Waals surface area contributed by atoms with Gasteiger partial charge >= 0.3 is 0 Å². The van der Waals surface area contributed by atoms with Gasteiger partial charge in [-0.05, 0) is 67.1 Å². The molecule has 2 aliphatic rings. The van der Waals surface area contributed by atoms with E-state index in [1.165, 1.54) is 32.1 Å². The molecule has 5 unspecified atom stereocenters. The molecule has 0 nitrogen and oxygen atoms in total. The smallest absolute Gasteiger partial charge is 0.0208 e. The van der Waals surface area contributed by atoms with Gasteiger partial charge in [-0.25, -0.2) is 0 Å². The lowest BCUT2D eigenvalue weighted by molar-refractivity contribution is 0.0776. The van der Waals surface area contributed by atoms with Crippen molar-refractivity contribution in [1.82, 2.24) is 0 Å². The van der Waals surface area contributed by atoms with E-state index in [1.54, 1.807) is 0 Å². The summed E-state index contributed by atoms with van der Waals surface area (Å²) < 4.78 is 0. The minimum absolute atomic E-state index is 0.819. The Kier molecular flexibility index (Phi) is 5.15. The Balaban J connectivity index is 2.05. The zero-order valence-electron chi connectivity index (χ0n) is 13.7. The van der Waals surface area contributed by atoms with Gasteiger partial charge in [0.2, 0.25) is 0 Å². The van der Waals surface area contributed by atoms with Crippen molar-refractivity contribution in [3.63, 3.8) is 0 Å². The third kappa shape index (κ3) is 3.64. The third-order valence-corrected chi connectivity index (χ3v) is 5.93. The number of allylic oxidation sites excluding steroid dienone is 2. The van der Waals surface area contributed by atoms with Gasteiger partial charge in [0.1, 0.15) is 0 Å². The van der Waals surface area contributed by atoms with Crippen LogP contribution in [0, 0.1) is 41.4 Å². The van der Waals surface area contributed by atoms with Gasteiger partial charge in [-0.2, -0.15) is 0 Å².